The molecule has 0 saturated carbocycles. The number of hydrogen-bond acceptors (Lipinski definition) is 3. The van der Waals surface area contributed by atoms with E-state index in [-0.39, 0.29) is 5.69 Å². The lowest BCUT2D eigenvalue weighted by Gasteiger charge is -2.20. The van der Waals surface area contributed by atoms with E-state index in [1.807, 2.05) is 0 Å². The summed E-state index contributed by atoms with van der Waals surface area (Å²) in [6.07, 6.45) is 0.650. The summed E-state index contributed by atoms with van der Waals surface area (Å²) >= 11 is 0. The Balaban J connectivity index is 2.19. The molecule has 0 radical (unpaired) electrons. The zero-order valence-corrected chi connectivity index (χ0v) is 11.1. The highest BCUT2D eigenvalue weighted by atomic mass is 19.2. The number of rotatable bonds is 2. The summed E-state index contributed by atoms with van der Waals surface area (Å²) in [6, 6.07) is 0.623. The number of urea groups is 1. The van der Waals surface area contributed by atoms with Crippen LogP contribution in [0.25, 0.3) is 0 Å². The molecule has 0 unspecified atom stereocenters. The summed E-state index contributed by atoms with van der Waals surface area (Å²) in [5, 5.41) is 11.3. The van der Waals surface area contributed by atoms with E-state index in [0.29, 0.717) is 44.9 Å². The van der Waals surface area contributed by atoms with Gasteiger partial charge in [-0.15, -0.1) is 0 Å². The van der Waals surface area contributed by atoms with Gasteiger partial charge in [0.2, 0.25) is 0 Å². The minimum Gasteiger partial charge on any atom is -0.478 e. The first kappa shape index (κ1) is 15.2. The van der Waals surface area contributed by atoms with Crippen LogP contribution in [0.1, 0.15) is 16.8 Å². The van der Waals surface area contributed by atoms with Crippen molar-refractivity contribution in [3.8, 4) is 0 Å². The third kappa shape index (κ3) is 3.66. The number of amides is 2. The molecule has 1 heterocycles. The number of nitrogens with one attached hydrogen (secondary N) is 1. The molecule has 6 nitrogen and oxygen atoms in total. The number of anilines is 1. The van der Waals surface area contributed by atoms with Crippen LogP contribution < -0.4 is 5.32 Å². The van der Waals surface area contributed by atoms with Crippen molar-refractivity contribution >= 4 is 17.7 Å². The maximum absolute atomic E-state index is 13.2. The highest BCUT2D eigenvalue weighted by Crippen LogP contribution is 2.21. The molecule has 1 saturated heterocycles. The zero-order chi connectivity index (χ0) is 15.4. The van der Waals surface area contributed by atoms with Gasteiger partial charge in [-0.25, -0.2) is 18.4 Å². The van der Waals surface area contributed by atoms with E-state index < -0.39 is 29.2 Å². The van der Waals surface area contributed by atoms with Gasteiger partial charge < -0.3 is 20.1 Å². The van der Waals surface area contributed by atoms with Gasteiger partial charge in [-0.1, -0.05) is 0 Å². The topological polar surface area (TPSA) is 78.9 Å². The van der Waals surface area contributed by atoms with E-state index in [4.69, 9.17) is 9.84 Å². The SMILES string of the molecule is O=C(O)c1cc(F)c(F)cc1NC(=O)N1CCCOCC1. The number of nitrogens with zero attached hydrogens (tertiary/aromatic N) is 1. The first-order chi connectivity index (χ1) is 9.99. The number of carboxylic acid groups (broad SMARTS) is 1. The zero-order valence-electron chi connectivity index (χ0n) is 11.1. The normalized spacial score (nSPS) is 15.4. The molecular weight excluding hydrogens is 286 g/mol. The number of carbonyl (C=O) groups excluding carboxylic acids is 1. The van der Waals surface area contributed by atoms with E-state index in [9.17, 15) is 18.4 Å². The Kier molecular flexibility index (Phi) is 4.69. The van der Waals surface area contributed by atoms with E-state index in [1.54, 1.807) is 0 Å². The number of benzene rings is 1. The molecule has 2 amide bonds. The monoisotopic (exact) mass is 300 g/mol. The molecule has 0 atom stereocenters. The van der Waals surface area contributed by atoms with E-state index in [0.717, 1.165) is 0 Å². The van der Waals surface area contributed by atoms with Crippen LogP contribution in [-0.2, 0) is 4.74 Å². The molecule has 1 aromatic rings. The number of hydrogen-bond donors (Lipinski definition) is 2. The molecule has 1 aromatic carbocycles. The Labute approximate surface area is 119 Å². The highest BCUT2D eigenvalue weighted by Gasteiger charge is 2.20. The lowest BCUT2D eigenvalue weighted by Crippen LogP contribution is -2.37. The van der Waals surface area contributed by atoms with Gasteiger partial charge in [0.05, 0.1) is 17.9 Å². The van der Waals surface area contributed by atoms with Crippen molar-refractivity contribution < 1.29 is 28.2 Å². The molecule has 8 heteroatoms. The number of carboxylic acids is 1. The van der Waals surface area contributed by atoms with Crippen molar-refractivity contribution in [2.75, 3.05) is 31.6 Å². The van der Waals surface area contributed by atoms with Crippen LogP contribution >= 0.6 is 0 Å². The van der Waals surface area contributed by atoms with Gasteiger partial charge in [0, 0.05) is 25.8 Å². The molecule has 0 aliphatic carbocycles. The Morgan fingerprint density at radius 2 is 1.90 bits per heavy atom. The molecule has 1 aliphatic rings. The quantitative estimate of drug-likeness (QED) is 0.874. The summed E-state index contributed by atoms with van der Waals surface area (Å²) in [4.78, 5) is 24.5. The van der Waals surface area contributed by atoms with Crippen LogP contribution in [0.5, 0.6) is 0 Å². The van der Waals surface area contributed by atoms with Crippen molar-refractivity contribution in [3.63, 3.8) is 0 Å². The van der Waals surface area contributed by atoms with E-state index >= 15 is 0 Å². The van der Waals surface area contributed by atoms with Crippen molar-refractivity contribution in [1.29, 1.82) is 0 Å². The number of halogens is 2. The molecule has 0 spiro atoms. The van der Waals surface area contributed by atoms with Gasteiger partial charge >= 0.3 is 12.0 Å². The van der Waals surface area contributed by atoms with Gasteiger partial charge in [0.15, 0.2) is 11.6 Å². The highest BCUT2D eigenvalue weighted by molar-refractivity contribution is 6.00. The molecule has 1 fully saturated rings. The van der Waals surface area contributed by atoms with Crippen LogP contribution in [0.4, 0.5) is 19.3 Å². The minimum atomic E-state index is -1.46. The molecule has 0 bridgehead atoms. The van der Waals surface area contributed by atoms with Gasteiger partial charge in [0.1, 0.15) is 0 Å². The second-order valence-electron chi connectivity index (χ2n) is 4.50. The first-order valence-electron chi connectivity index (χ1n) is 6.35. The number of ether oxygens (including phenoxy) is 1. The Morgan fingerprint density at radius 3 is 2.62 bits per heavy atom. The molecular formula is C13H14F2N2O4. The van der Waals surface area contributed by atoms with Crippen LogP contribution in [0.2, 0.25) is 0 Å². The predicted octanol–water partition coefficient (Wildman–Crippen LogP) is 1.92. The average Bonchev–Trinajstić information content (AvgIpc) is 2.71. The van der Waals surface area contributed by atoms with E-state index in [2.05, 4.69) is 5.32 Å². The standard InChI is InChI=1S/C13H14F2N2O4/c14-9-6-8(12(18)19)11(7-10(9)15)16-13(20)17-2-1-4-21-5-3-17/h6-7H,1-5H2,(H,16,20)(H,18,19). The van der Waals surface area contributed by atoms with Crippen molar-refractivity contribution in [2.24, 2.45) is 0 Å². The largest absolute Gasteiger partial charge is 0.478 e. The van der Waals surface area contributed by atoms with Gasteiger partial charge in [-0.2, -0.15) is 0 Å². The van der Waals surface area contributed by atoms with E-state index in [1.165, 1.54) is 4.90 Å². The fraction of sp³-hybridized carbons (Fsp3) is 0.385. The smallest absolute Gasteiger partial charge is 0.337 e. The molecule has 21 heavy (non-hydrogen) atoms. The van der Waals surface area contributed by atoms with Gasteiger partial charge in [-0.05, 0) is 12.5 Å². The summed E-state index contributed by atoms with van der Waals surface area (Å²) in [5.74, 6) is -3.97. The summed E-state index contributed by atoms with van der Waals surface area (Å²) in [7, 11) is 0. The van der Waals surface area contributed by atoms with Crippen LogP contribution in [0, 0.1) is 11.6 Å². The summed E-state index contributed by atoms with van der Waals surface area (Å²) < 4.78 is 31.5. The molecule has 2 rings (SSSR count). The molecule has 0 aromatic heterocycles. The fourth-order valence-electron chi connectivity index (χ4n) is 1.97. The second kappa shape index (κ2) is 6.49. The Morgan fingerprint density at radius 1 is 1.19 bits per heavy atom. The average molecular weight is 300 g/mol. The van der Waals surface area contributed by atoms with Gasteiger partial charge in [0.25, 0.3) is 0 Å². The third-order valence-corrected chi connectivity index (χ3v) is 3.04. The van der Waals surface area contributed by atoms with Crippen molar-refractivity contribution in [3.05, 3.63) is 29.3 Å². The lowest BCUT2D eigenvalue weighted by molar-refractivity contribution is 0.0697. The Hall–Kier alpha value is -2.22. The minimum absolute atomic E-state index is 0.281. The Bertz CT molecular complexity index is 557. The maximum atomic E-state index is 13.2. The van der Waals surface area contributed by atoms with Crippen LogP contribution in [0.3, 0.4) is 0 Å². The van der Waals surface area contributed by atoms with Crippen molar-refractivity contribution in [2.45, 2.75) is 6.42 Å². The third-order valence-electron chi connectivity index (χ3n) is 3.04. The molecule has 114 valence electrons. The molecule has 2 N–H and O–H groups in total. The van der Waals surface area contributed by atoms with Gasteiger partial charge in [-0.3, -0.25) is 0 Å². The predicted molar refractivity (Wildman–Crippen MR) is 69.3 cm³/mol. The lowest BCUT2D eigenvalue weighted by atomic mass is 10.1. The summed E-state index contributed by atoms with van der Waals surface area (Å²) in [6.45, 7) is 1.70. The van der Waals surface area contributed by atoms with Crippen LogP contribution in [0.15, 0.2) is 12.1 Å². The van der Waals surface area contributed by atoms with Crippen LogP contribution in [-0.4, -0.2) is 48.3 Å². The van der Waals surface area contributed by atoms with Crippen molar-refractivity contribution in [1.82, 2.24) is 4.90 Å². The summed E-state index contributed by atoms with van der Waals surface area (Å²) in [5.41, 5.74) is -0.787. The number of aromatic carboxylic acids is 1. The first-order valence-corrected chi connectivity index (χ1v) is 6.35. The fourth-order valence-corrected chi connectivity index (χ4v) is 1.97. The number of carbonyl (C=O) groups is 2. The maximum Gasteiger partial charge on any atom is 0.337 e. The molecule has 1 aliphatic heterocycles. The second-order valence-corrected chi connectivity index (χ2v) is 4.50.